The minimum atomic E-state index is 0.0767. The first kappa shape index (κ1) is 15.5. The zero-order valence-corrected chi connectivity index (χ0v) is 13.1. The highest BCUT2D eigenvalue weighted by atomic mass is 15.1. The Balaban J connectivity index is 2.02. The number of hydrogen-bond donors (Lipinski definition) is 1. The lowest BCUT2D eigenvalue weighted by molar-refractivity contribution is 0.222. The zero-order valence-electron chi connectivity index (χ0n) is 13.1. The second-order valence-electron chi connectivity index (χ2n) is 6.61. The summed E-state index contributed by atoms with van der Waals surface area (Å²) >= 11 is 0. The van der Waals surface area contributed by atoms with Crippen molar-refractivity contribution in [2.45, 2.75) is 44.9 Å². The highest BCUT2D eigenvalue weighted by Gasteiger charge is 2.28. The molecule has 0 saturated carbocycles. The van der Waals surface area contributed by atoms with Gasteiger partial charge in [0.25, 0.3) is 0 Å². The maximum Gasteiger partial charge on any atom is 0.0174 e. The Morgan fingerprint density at radius 1 is 1.20 bits per heavy atom. The van der Waals surface area contributed by atoms with Gasteiger partial charge in [0.15, 0.2) is 0 Å². The zero-order chi connectivity index (χ0) is 14.4. The fourth-order valence-corrected chi connectivity index (χ4v) is 3.40. The van der Waals surface area contributed by atoms with Crippen LogP contribution < -0.4 is 5.73 Å². The SMILES string of the molecule is CCC1CCCN(CC(C)(CN)c2ccccc2)CC1. The summed E-state index contributed by atoms with van der Waals surface area (Å²) in [4.78, 5) is 2.63. The van der Waals surface area contributed by atoms with E-state index in [-0.39, 0.29) is 5.41 Å². The lowest BCUT2D eigenvalue weighted by Gasteiger charge is -2.35. The standard InChI is InChI=1S/C18H30N2/c1-3-16-8-7-12-20(13-11-16)15-18(2,14-19)17-9-5-4-6-10-17/h4-6,9-10,16H,3,7-8,11-15,19H2,1-2H3. The highest BCUT2D eigenvalue weighted by Crippen LogP contribution is 2.26. The van der Waals surface area contributed by atoms with E-state index in [1.54, 1.807) is 0 Å². The summed E-state index contributed by atoms with van der Waals surface area (Å²) in [6.07, 6.45) is 5.43. The van der Waals surface area contributed by atoms with E-state index >= 15 is 0 Å². The molecular formula is C18H30N2. The minimum Gasteiger partial charge on any atom is -0.330 e. The number of likely N-dealkylation sites (tertiary alicyclic amines) is 1. The molecule has 1 saturated heterocycles. The Hall–Kier alpha value is -0.860. The van der Waals surface area contributed by atoms with Gasteiger partial charge < -0.3 is 10.6 Å². The number of nitrogens with two attached hydrogens (primary N) is 1. The molecule has 1 aromatic carbocycles. The largest absolute Gasteiger partial charge is 0.330 e. The molecule has 0 radical (unpaired) electrons. The van der Waals surface area contributed by atoms with Crippen LogP contribution in [0.1, 0.15) is 45.1 Å². The summed E-state index contributed by atoms with van der Waals surface area (Å²) in [5, 5.41) is 0. The first-order chi connectivity index (χ1) is 9.68. The quantitative estimate of drug-likeness (QED) is 0.891. The molecule has 0 spiro atoms. The normalized spacial score (nSPS) is 24.1. The average molecular weight is 274 g/mol. The van der Waals surface area contributed by atoms with Crippen LogP contribution in [-0.4, -0.2) is 31.1 Å². The summed E-state index contributed by atoms with van der Waals surface area (Å²) < 4.78 is 0. The third-order valence-corrected chi connectivity index (χ3v) is 5.01. The van der Waals surface area contributed by atoms with Gasteiger partial charge >= 0.3 is 0 Å². The second-order valence-corrected chi connectivity index (χ2v) is 6.61. The van der Waals surface area contributed by atoms with Crippen molar-refractivity contribution in [1.82, 2.24) is 4.90 Å². The van der Waals surface area contributed by atoms with Crippen LogP contribution in [0.3, 0.4) is 0 Å². The molecule has 1 heterocycles. The van der Waals surface area contributed by atoms with Gasteiger partial charge in [-0.1, -0.05) is 50.6 Å². The van der Waals surface area contributed by atoms with E-state index < -0.39 is 0 Å². The van der Waals surface area contributed by atoms with Crippen molar-refractivity contribution in [2.75, 3.05) is 26.2 Å². The van der Waals surface area contributed by atoms with E-state index in [1.165, 1.54) is 44.3 Å². The van der Waals surface area contributed by atoms with E-state index in [0.29, 0.717) is 6.54 Å². The summed E-state index contributed by atoms with van der Waals surface area (Å²) in [6, 6.07) is 10.8. The molecular weight excluding hydrogens is 244 g/mol. The fourth-order valence-electron chi connectivity index (χ4n) is 3.40. The predicted molar refractivity (Wildman–Crippen MR) is 86.9 cm³/mol. The molecule has 2 unspecified atom stereocenters. The van der Waals surface area contributed by atoms with Crippen molar-refractivity contribution in [2.24, 2.45) is 11.7 Å². The molecule has 1 aliphatic rings. The summed E-state index contributed by atoms with van der Waals surface area (Å²) in [5.41, 5.74) is 7.57. The Morgan fingerprint density at radius 2 is 1.95 bits per heavy atom. The van der Waals surface area contributed by atoms with E-state index in [0.717, 1.165) is 12.5 Å². The second kappa shape index (κ2) is 7.24. The minimum absolute atomic E-state index is 0.0767. The van der Waals surface area contributed by atoms with Crippen molar-refractivity contribution in [1.29, 1.82) is 0 Å². The Bertz CT molecular complexity index is 390. The monoisotopic (exact) mass is 274 g/mol. The van der Waals surface area contributed by atoms with Gasteiger partial charge in [0.05, 0.1) is 0 Å². The molecule has 2 nitrogen and oxygen atoms in total. The maximum absolute atomic E-state index is 6.12. The van der Waals surface area contributed by atoms with Crippen LogP contribution in [0.2, 0.25) is 0 Å². The van der Waals surface area contributed by atoms with Crippen molar-refractivity contribution in [3.8, 4) is 0 Å². The lowest BCUT2D eigenvalue weighted by atomic mass is 9.82. The van der Waals surface area contributed by atoms with Crippen LogP contribution in [0.4, 0.5) is 0 Å². The molecule has 0 amide bonds. The van der Waals surface area contributed by atoms with Crippen molar-refractivity contribution < 1.29 is 0 Å². The fraction of sp³-hybridized carbons (Fsp3) is 0.667. The van der Waals surface area contributed by atoms with Gasteiger partial charge in [-0.2, -0.15) is 0 Å². The number of nitrogens with zero attached hydrogens (tertiary/aromatic N) is 1. The number of benzene rings is 1. The van der Waals surface area contributed by atoms with Crippen LogP contribution in [-0.2, 0) is 5.41 Å². The lowest BCUT2D eigenvalue weighted by Crippen LogP contribution is -2.44. The Labute approximate surface area is 124 Å². The smallest absolute Gasteiger partial charge is 0.0174 e. The maximum atomic E-state index is 6.12. The molecule has 2 atom stereocenters. The van der Waals surface area contributed by atoms with Gasteiger partial charge in [-0.15, -0.1) is 0 Å². The van der Waals surface area contributed by atoms with Crippen LogP contribution in [0.5, 0.6) is 0 Å². The molecule has 1 fully saturated rings. The molecule has 2 heteroatoms. The first-order valence-electron chi connectivity index (χ1n) is 8.16. The van der Waals surface area contributed by atoms with Crippen molar-refractivity contribution in [3.05, 3.63) is 35.9 Å². The van der Waals surface area contributed by atoms with Gasteiger partial charge in [-0.25, -0.2) is 0 Å². The van der Waals surface area contributed by atoms with E-state index in [9.17, 15) is 0 Å². The van der Waals surface area contributed by atoms with Crippen molar-refractivity contribution >= 4 is 0 Å². The predicted octanol–water partition coefficient (Wildman–Crippen LogP) is 3.42. The molecule has 112 valence electrons. The molecule has 1 aliphatic heterocycles. The average Bonchev–Trinajstić information content (AvgIpc) is 2.73. The van der Waals surface area contributed by atoms with Gasteiger partial charge in [0, 0.05) is 18.5 Å². The molecule has 1 aromatic rings. The van der Waals surface area contributed by atoms with E-state index in [2.05, 4.69) is 49.1 Å². The van der Waals surface area contributed by atoms with Crippen LogP contribution in [0, 0.1) is 5.92 Å². The van der Waals surface area contributed by atoms with Crippen LogP contribution in [0.25, 0.3) is 0 Å². The highest BCUT2D eigenvalue weighted by molar-refractivity contribution is 5.25. The summed E-state index contributed by atoms with van der Waals surface area (Å²) in [6.45, 7) is 8.91. The number of rotatable bonds is 5. The number of hydrogen-bond acceptors (Lipinski definition) is 2. The van der Waals surface area contributed by atoms with E-state index in [1.807, 2.05) is 0 Å². The molecule has 2 rings (SSSR count). The molecule has 0 aromatic heterocycles. The third-order valence-electron chi connectivity index (χ3n) is 5.01. The Morgan fingerprint density at radius 3 is 2.60 bits per heavy atom. The molecule has 20 heavy (non-hydrogen) atoms. The van der Waals surface area contributed by atoms with Crippen molar-refractivity contribution in [3.63, 3.8) is 0 Å². The first-order valence-corrected chi connectivity index (χ1v) is 8.16. The van der Waals surface area contributed by atoms with Crippen LogP contribution in [0.15, 0.2) is 30.3 Å². The van der Waals surface area contributed by atoms with Gasteiger partial charge in [-0.3, -0.25) is 0 Å². The van der Waals surface area contributed by atoms with E-state index in [4.69, 9.17) is 5.73 Å². The Kier molecular flexibility index (Phi) is 5.62. The molecule has 0 bridgehead atoms. The molecule has 0 aliphatic carbocycles. The molecule has 2 N–H and O–H groups in total. The topological polar surface area (TPSA) is 29.3 Å². The van der Waals surface area contributed by atoms with Crippen LogP contribution >= 0.6 is 0 Å². The van der Waals surface area contributed by atoms with Gasteiger partial charge in [0.1, 0.15) is 0 Å². The van der Waals surface area contributed by atoms with Gasteiger partial charge in [0.2, 0.25) is 0 Å². The summed E-state index contributed by atoms with van der Waals surface area (Å²) in [5.74, 6) is 0.931. The van der Waals surface area contributed by atoms with Gasteiger partial charge in [-0.05, 0) is 43.8 Å². The summed E-state index contributed by atoms with van der Waals surface area (Å²) in [7, 11) is 0. The third kappa shape index (κ3) is 3.83.